The molecule has 8 rings (SSSR count). The van der Waals surface area contributed by atoms with Gasteiger partial charge in [-0.1, -0.05) is 25.9 Å². The van der Waals surface area contributed by atoms with E-state index in [4.69, 9.17) is 9.26 Å². The van der Waals surface area contributed by atoms with Gasteiger partial charge in [-0.2, -0.15) is 0 Å². The van der Waals surface area contributed by atoms with Gasteiger partial charge in [-0.3, -0.25) is 29.0 Å². The van der Waals surface area contributed by atoms with Crippen molar-refractivity contribution >= 4 is 17.4 Å². The number of nitrogens with zero attached hydrogens (tertiary/aromatic N) is 7. The van der Waals surface area contributed by atoms with Gasteiger partial charge in [0.05, 0.1) is 53.9 Å². The second kappa shape index (κ2) is 10.4. The van der Waals surface area contributed by atoms with Crippen LogP contribution in [0.1, 0.15) is 61.6 Å². The number of hydrogen-bond acceptors (Lipinski definition) is 8. The standard InChI is InChI=1S/C31H38N8O3/c1-20-25(12-23(15-33-20)30(40)34-28-13-27(42-35-28)31(2,3)4)38-18-26-22-11-24(16-32-14-22)36-7-5-21(6-8-36)17-37-9-10-41-19-29(37)39(26)38/h11-16,18,21,29H,5-10,17,19H2,1-4H3,(H,34,35,40). The van der Waals surface area contributed by atoms with Gasteiger partial charge in [-0.15, -0.1) is 0 Å². The Morgan fingerprint density at radius 3 is 2.69 bits per heavy atom. The molecular weight excluding hydrogens is 532 g/mol. The third-order valence-electron chi connectivity index (χ3n) is 8.77. The van der Waals surface area contributed by atoms with E-state index in [-0.39, 0.29) is 17.5 Å². The lowest BCUT2D eigenvalue weighted by molar-refractivity contribution is -0.0547. The highest BCUT2D eigenvalue weighted by molar-refractivity contribution is 6.03. The number of anilines is 2. The molecular formula is C31H38N8O3. The molecule has 0 aliphatic carbocycles. The van der Waals surface area contributed by atoms with E-state index in [9.17, 15) is 4.79 Å². The Morgan fingerprint density at radius 1 is 1.07 bits per heavy atom. The Hall–Kier alpha value is -3.96. The number of fused-ring (bicyclic) bond motifs is 2. The molecule has 2 saturated heterocycles. The number of hydrogen-bond donors (Lipinski definition) is 1. The average molecular weight is 571 g/mol. The van der Waals surface area contributed by atoms with Crippen molar-refractivity contribution < 1.29 is 14.1 Å². The molecule has 4 aliphatic heterocycles. The third kappa shape index (κ3) is 4.90. The van der Waals surface area contributed by atoms with Crippen LogP contribution in [0.3, 0.4) is 0 Å². The molecule has 0 saturated carbocycles. The number of carbonyl (C=O) groups is 1. The van der Waals surface area contributed by atoms with Gasteiger partial charge in [-0.05, 0) is 37.8 Å². The third-order valence-corrected chi connectivity index (χ3v) is 8.77. The minimum atomic E-state index is -0.291. The van der Waals surface area contributed by atoms with Crippen molar-refractivity contribution in [3.63, 3.8) is 0 Å². The number of nitrogens with one attached hydrogen (secondary N) is 1. The number of aryl methyl sites for hydroxylation is 1. The molecule has 4 aromatic heterocycles. The van der Waals surface area contributed by atoms with Gasteiger partial charge >= 0.3 is 0 Å². The summed E-state index contributed by atoms with van der Waals surface area (Å²) in [5, 5.41) is 6.91. The molecule has 1 amide bonds. The van der Waals surface area contributed by atoms with Crippen molar-refractivity contribution in [1.29, 1.82) is 0 Å². The second-order valence-electron chi connectivity index (χ2n) is 12.7. The maximum atomic E-state index is 13.3. The van der Waals surface area contributed by atoms with E-state index >= 15 is 0 Å². The summed E-state index contributed by atoms with van der Waals surface area (Å²) in [5.74, 6) is 1.44. The molecule has 0 radical (unpaired) electrons. The van der Waals surface area contributed by atoms with E-state index in [0.29, 0.717) is 29.7 Å². The monoisotopic (exact) mass is 570 g/mol. The molecule has 8 heterocycles. The van der Waals surface area contributed by atoms with Crippen molar-refractivity contribution in [2.75, 3.05) is 49.6 Å². The van der Waals surface area contributed by atoms with Crippen LogP contribution in [-0.4, -0.2) is 74.7 Å². The van der Waals surface area contributed by atoms with Crippen LogP contribution in [0.15, 0.2) is 47.5 Å². The SMILES string of the molecule is Cc1ncc(C(=O)Nc2cc(C(C)(C)C)on2)cc1-n1cc2n1C1COCCN1CC1CCN(CC1)c1cncc-2c1. The average Bonchev–Trinajstić information content (AvgIpc) is 3.44. The van der Waals surface area contributed by atoms with Crippen LogP contribution in [0.25, 0.3) is 16.9 Å². The number of piperidine rings is 1. The summed E-state index contributed by atoms with van der Waals surface area (Å²) in [6, 6.07) is 5.91. The summed E-state index contributed by atoms with van der Waals surface area (Å²) in [7, 11) is 0. The summed E-state index contributed by atoms with van der Waals surface area (Å²) in [4.78, 5) is 27.6. The number of amides is 1. The predicted molar refractivity (Wildman–Crippen MR) is 159 cm³/mol. The maximum absolute atomic E-state index is 13.3. The summed E-state index contributed by atoms with van der Waals surface area (Å²) >= 11 is 0. The van der Waals surface area contributed by atoms with Crippen molar-refractivity contribution in [2.24, 2.45) is 5.92 Å². The van der Waals surface area contributed by atoms with Gasteiger partial charge in [0.2, 0.25) is 0 Å². The molecule has 1 atom stereocenters. The Balaban J connectivity index is 1.27. The Bertz CT molecular complexity index is 1600. The zero-order valence-corrected chi connectivity index (χ0v) is 24.7. The molecule has 0 spiro atoms. The summed E-state index contributed by atoms with van der Waals surface area (Å²) in [6.07, 6.45) is 9.99. The van der Waals surface area contributed by atoms with Gasteiger partial charge in [0.15, 0.2) is 5.82 Å². The first kappa shape index (κ1) is 26.9. The van der Waals surface area contributed by atoms with Crippen LogP contribution >= 0.6 is 0 Å². The number of pyridine rings is 2. The molecule has 0 aromatic carbocycles. The fraction of sp³-hybridized carbons (Fsp3) is 0.484. The maximum Gasteiger partial charge on any atom is 0.258 e. The number of rotatable bonds is 3. The minimum Gasteiger partial charge on any atom is -0.376 e. The first-order valence-electron chi connectivity index (χ1n) is 14.8. The first-order chi connectivity index (χ1) is 20.2. The van der Waals surface area contributed by atoms with Crippen molar-refractivity contribution in [3.8, 4) is 16.9 Å². The zero-order valence-electron chi connectivity index (χ0n) is 24.7. The highest BCUT2D eigenvalue weighted by atomic mass is 16.5. The first-order valence-corrected chi connectivity index (χ1v) is 14.8. The highest BCUT2D eigenvalue weighted by Gasteiger charge is 2.34. The lowest BCUT2D eigenvalue weighted by atomic mass is 9.93. The van der Waals surface area contributed by atoms with Crippen molar-refractivity contribution in [1.82, 2.24) is 29.4 Å². The Morgan fingerprint density at radius 2 is 1.90 bits per heavy atom. The van der Waals surface area contributed by atoms with E-state index in [1.165, 1.54) is 18.5 Å². The summed E-state index contributed by atoms with van der Waals surface area (Å²) in [6.45, 7) is 13.4. The predicted octanol–water partition coefficient (Wildman–Crippen LogP) is 4.64. The number of ether oxygens (including phenoxy) is 1. The smallest absolute Gasteiger partial charge is 0.258 e. The summed E-state index contributed by atoms with van der Waals surface area (Å²) < 4.78 is 15.9. The van der Waals surface area contributed by atoms with Gasteiger partial charge < -0.3 is 19.5 Å². The largest absolute Gasteiger partial charge is 0.376 e. The lowest BCUT2D eigenvalue weighted by Gasteiger charge is -2.44. The molecule has 11 heteroatoms. The molecule has 11 nitrogen and oxygen atoms in total. The number of carbonyl (C=O) groups excluding carboxylic acids is 1. The molecule has 42 heavy (non-hydrogen) atoms. The molecule has 4 aromatic rings. The van der Waals surface area contributed by atoms with Gasteiger partial charge in [-0.25, -0.2) is 0 Å². The van der Waals surface area contributed by atoms with Crippen LogP contribution in [0.2, 0.25) is 0 Å². The Kier molecular flexibility index (Phi) is 6.66. The van der Waals surface area contributed by atoms with Crippen LogP contribution in [0.5, 0.6) is 0 Å². The number of morpholine rings is 1. The van der Waals surface area contributed by atoms with Crippen LogP contribution in [0.4, 0.5) is 11.5 Å². The van der Waals surface area contributed by atoms with Crippen LogP contribution in [0, 0.1) is 12.8 Å². The van der Waals surface area contributed by atoms with Crippen molar-refractivity contribution in [3.05, 3.63) is 60.0 Å². The second-order valence-corrected chi connectivity index (χ2v) is 12.7. The molecule has 4 aliphatic rings. The van der Waals surface area contributed by atoms with E-state index in [1.54, 1.807) is 12.3 Å². The van der Waals surface area contributed by atoms with Crippen LogP contribution < -0.4 is 10.2 Å². The molecule has 1 N–H and O–H groups in total. The van der Waals surface area contributed by atoms with E-state index in [2.05, 4.69) is 51.9 Å². The zero-order chi connectivity index (χ0) is 29.0. The van der Waals surface area contributed by atoms with E-state index in [1.807, 2.05) is 46.2 Å². The fourth-order valence-electron chi connectivity index (χ4n) is 6.26. The molecule has 4 bridgehead atoms. The topological polar surface area (TPSA) is 106 Å². The minimum absolute atomic E-state index is 0.0164. The summed E-state index contributed by atoms with van der Waals surface area (Å²) in [5.41, 5.74) is 5.21. The van der Waals surface area contributed by atoms with Crippen LogP contribution in [-0.2, 0) is 10.2 Å². The molecule has 2 fully saturated rings. The molecule has 1 unspecified atom stereocenters. The normalized spacial score (nSPS) is 20.9. The highest BCUT2D eigenvalue weighted by Crippen LogP contribution is 2.36. The van der Waals surface area contributed by atoms with Gasteiger partial charge in [0.1, 0.15) is 11.9 Å². The molecule has 220 valence electrons. The van der Waals surface area contributed by atoms with E-state index < -0.39 is 0 Å². The fourth-order valence-corrected chi connectivity index (χ4v) is 6.26. The lowest BCUT2D eigenvalue weighted by Crippen LogP contribution is -2.49. The van der Waals surface area contributed by atoms with Gasteiger partial charge in [0.25, 0.3) is 5.91 Å². The Labute approximate surface area is 245 Å². The quantitative estimate of drug-likeness (QED) is 0.380. The van der Waals surface area contributed by atoms with E-state index in [0.717, 1.165) is 55.4 Å². The van der Waals surface area contributed by atoms with Crippen molar-refractivity contribution in [2.45, 2.75) is 52.1 Å². The number of aromatic nitrogens is 5. The van der Waals surface area contributed by atoms with Gasteiger partial charge in [0, 0.05) is 55.6 Å².